The molecule has 138 valence electrons. The molecule has 1 aromatic rings. The number of carbonyl (C=O) groups is 1. The average molecular weight is 347 g/mol. The summed E-state index contributed by atoms with van der Waals surface area (Å²) in [5, 5.41) is 3.32. The Morgan fingerprint density at radius 2 is 2.16 bits per heavy atom. The van der Waals surface area contributed by atoms with E-state index in [1.165, 1.54) is 0 Å². The van der Waals surface area contributed by atoms with Crippen molar-refractivity contribution in [2.75, 3.05) is 27.2 Å². The molecule has 1 N–H and O–H groups in total. The molecule has 7 nitrogen and oxygen atoms in total. The molecule has 1 amide bonds. The number of nitrogens with one attached hydrogen (secondary N) is 1. The zero-order valence-corrected chi connectivity index (χ0v) is 16.0. The molecule has 1 fully saturated rings. The summed E-state index contributed by atoms with van der Waals surface area (Å²) in [4.78, 5) is 25.1. The van der Waals surface area contributed by atoms with E-state index in [1.807, 2.05) is 21.9 Å². The molecule has 2 rings (SSSR count). The van der Waals surface area contributed by atoms with Crippen LogP contribution in [0.25, 0.3) is 0 Å². The molecule has 1 aromatic heterocycles. The molecular weight excluding hydrogens is 318 g/mol. The zero-order chi connectivity index (χ0) is 18.6. The minimum Gasteiger partial charge on any atom is -0.481 e. The molecule has 2 heterocycles. The topological polar surface area (TPSA) is 70.1 Å². The van der Waals surface area contributed by atoms with Crippen molar-refractivity contribution >= 4 is 11.9 Å². The Labute approximate surface area is 150 Å². The maximum Gasteiger partial charge on any atom is 0.242 e. The number of piperazine rings is 1. The largest absolute Gasteiger partial charge is 0.481 e. The number of nitrogens with zero attached hydrogens (tertiary/aromatic N) is 4. The first kappa shape index (κ1) is 19.0. The molecule has 0 spiro atoms. The fraction of sp³-hybridized carbons (Fsp3) is 0.611. The Hall–Kier alpha value is -2.31. The molecule has 1 saturated heterocycles. The Morgan fingerprint density at radius 1 is 1.44 bits per heavy atom. The lowest BCUT2D eigenvalue weighted by Crippen LogP contribution is -2.66. The first-order chi connectivity index (χ1) is 11.8. The summed E-state index contributed by atoms with van der Waals surface area (Å²) in [6.45, 7) is 9.95. The number of amides is 1. The fourth-order valence-corrected chi connectivity index (χ4v) is 3.46. The highest BCUT2D eigenvalue weighted by molar-refractivity contribution is 5.88. The number of ether oxygens (including phenoxy) is 1. The number of hydrogen-bond acceptors (Lipinski definition) is 4. The molecule has 0 atom stereocenters. The SMILES string of the molecule is CN=C(NCc1ccc(OC)nc1)N1CC(=O)N(C(C)C)C(C)(C)C1. The van der Waals surface area contributed by atoms with Crippen LogP contribution >= 0.6 is 0 Å². The highest BCUT2D eigenvalue weighted by Gasteiger charge is 2.40. The third kappa shape index (κ3) is 4.41. The monoisotopic (exact) mass is 347 g/mol. The van der Waals surface area contributed by atoms with Crippen molar-refractivity contribution in [1.82, 2.24) is 20.1 Å². The van der Waals surface area contributed by atoms with Crippen LogP contribution in [0.5, 0.6) is 5.88 Å². The second-order valence-electron chi connectivity index (χ2n) is 7.14. The molecule has 7 heteroatoms. The molecule has 0 saturated carbocycles. The summed E-state index contributed by atoms with van der Waals surface area (Å²) in [5.41, 5.74) is 0.774. The van der Waals surface area contributed by atoms with Crippen molar-refractivity contribution in [3.05, 3.63) is 23.9 Å². The lowest BCUT2D eigenvalue weighted by molar-refractivity contribution is -0.145. The standard InChI is InChI=1S/C18H29N5O2/c1-13(2)23-16(24)11-22(12-18(23,3)4)17(19-5)21-10-14-7-8-15(25-6)20-9-14/h7-9,13H,10-12H2,1-6H3,(H,19,21). The minimum absolute atomic E-state index is 0.125. The van der Waals surface area contributed by atoms with Gasteiger partial charge in [-0.1, -0.05) is 6.07 Å². The number of rotatable bonds is 4. The maximum absolute atomic E-state index is 12.6. The Balaban J connectivity index is 2.04. The van der Waals surface area contributed by atoms with Crippen molar-refractivity contribution in [2.45, 2.75) is 45.8 Å². The number of guanidine groups is 1. The number of hydrogen-bond donors (Lipinski definition) is 1. The smallest absolute Gasteiger partial charge is 0.242 e. The third-order valence-corrected chi connectivity index (χ3v) is 4.31. The van der Waals surface area contributed by atoms with Crippen LogP contribution in [0.15, 0.2) is 23.3 Å². The summed E-state index contributed by atoms with van der Waals surface area (Å²) in [5.74, 6) is 1.44. The van der Waals surface area contributed by atoms with E-state index in [9.17, 15) is 4.79 Å². The van der Waals surface area contributed by atoms with Crippen LogP contribution in [0.3, 0.4) is 0 Å². The van der Waals surface area contributed by atoms with Crippen LogP contribution in [-0.4, -0.2) is 65.5 Å². The van der Waals surface area contributed by atoms with Gasteiger partial charge < -0.3 is 19.9 Å². The molecule has 0 aromatic carbocycles. The number of aliphatic imine (C=N–C) groups is 1. The van der Waals surface area contributed by atoms with Gasteiger partial charge in [-0.2, -0.15) is 0 Å². The average Bonchev–Trinajstić information content (AvgIpc) is 2.54. The number of aromatic nitrogens is 1. The molecule has 0 radical (unpaired) electrons. The van der Waals surface area contributed by atoms with Crippen LogP contribution in [-0.2, 0) is 11.3 Å². The predicted molar refractivity (Wildman–Crippen MR) is 98.6 cm³/mol. The van der Waals surface area contributed by atoms with E-state index in [4.69, 9.17) is 4.74 Å². The zero-order valence-electron chi connectivity index (χ0n) is 16.0. The quantitative estimate of drug-likeness (QED) is 0.660. The van der Waals surface area contributed by atoms with Gasteiger partial charge in [0, 0.05) is 38.4 Å². The van der Waals surface area contributed by atoms with Crippen molar-refractivity contribution in [2.24, 2.45) is 4.99 Å². The van der Waals surface area contributed by atoms with Crippen molar-refractivity contribution < 1.29 is 9.53 Å². The number of carbonyl (C=O) groups excluding carboxylic acids is 1. The second-order valence-corrected chi connectivity index (χ2v) is 7.14. The molecule has 1 aliphatic heterocycles. The molecule has 0 unspecified atom stereocenters. The van der Waals surface area contributed by atoms with E-state index < -0.39 is 0 Å². The summed E-state index contributed by atoms with van der Waals surface area (Å²) < 4.78 is 5.07. The van der Waals surface area contributed by atoms with Gasteiger partial charge in [0.15, 0.2) is 5.96 Å². The molecule has 25 heavy (non-hydrogen) atoms. The summed E-state index contributed by atoms with van der Waals surface area (Å²) in [7, 11) is 3.33. The molecular formula is C18H29N5O2. The Bertz CT molecular complexity index is 625. The van der Waals surface area contributed by atoms with E-state index in [2.05, 4.69) is 43.0 Å². The van der Waals surface area contributed by atoms with E-state index in [1.54, 1.807) is 20.4 Å². The highest BCUT2D eigenvalue weighted by Crippen LogP contribution is 2.24. The Kier molecular flexibility index (Phi) is 5.87. The third-order valence-electron chi connectivity index (χ3n) is 4.31. The van der Waals surface area contributed by atoms with Gasteiger partial charge in [0.2, 0.25) is 11.8 Å². The van der Waals surface area contributed by atoms with Gasteiger partial charge >= 0.3 is 0 Å². The van der Waals surface area contributed by atoms with E-state index >= 15 is 0 Å². The molecule has 1 aliphatic rings. The van der Waals surface area contributed by atoms with Crippen molar-refractivity contribution in [3.8, 4) is 5.88 Å². The van der Waals surface area contributed by atoms with Gasteiger partial charge in [-0.05, 0) is 33.3 Å². The summed E-state index contributed by atoms with van der Waals surface area (Å²) in [6.07, 6.45) is 1.77. The van der Waals surface area contributed by atoms with E-state index in [0.717, 1.165) is 18.1 Å². The van der Waals surface area contributed by atoms with E-state index in [0.29, 0.717) is 19.0 Å². The van der Waals surface area contributed by atoms with Gasteiger partial charge in [0.1, 0.15) is 0 Å². The van der Waals surface area contributed by atoms with Crippen LogP contribution in [0.1, 0.15) is 33.3 Å². The molecule has 0 bridgehead atoms. The second kappa shape index (κ2) is 7.72. The van der Waals surface area contributed by atoms with Gasteiger partial charge in [0.25, 0.3) is 0 Å². The van der Waals surface area contributed by atoms with Crippen LogP contribution < -0.4 is 10.1 Å². The highest BCUT2D eigenvalue weighted by atomic mass is 16.5. The van der Waals surface area contributed by atoms with Gasteiger partial charge in [-0.15, -0.1) is 0 Å². The van der Waals surface area contributed by atoms with Gasteiger partial charge in [-0.25, -0.2) is 4.98 Å². The van der Waals surface area contributed by atoms with E-state index in [-0.39, 0.29) is 17.5 Å². The Morgan fingerprint density at radius 3 is 2.64 bits per heavy atom. The minimum atomic E-state index is -0.247. The number of pyridine rings is 1. The van der Waals surface area contributed by atoms with Crippen molar-refractivity contribution in [1.29, 1.82) is 0 Å². The van der Waals surface area contributed by atoms with Crippen LogP contribution in [0.4, 0.5) is 0 Å². The first-order valence-corrected chi connectivity index (χ1v) is 8.55. The summed E-state index contributed by atoms with van der Waals surface area (Å²) in [6, 6.07) is 3.97. The predicted octanol–water partition coefficient (Wildman–Crippen LogP) is 1.50. The molecule has 0 aliphatic carbocycles. The lowest BCUT2D eigenvalue weighted by Gasteiger charge is -2.49. The fourth-order valence-electron chi connectivity index (χ4n) is 3.46. The number of methoxy groups -OCH3 is 1. The first-order valence-electron chi connectivity index (χ1n) is 8.55. The summed E-state index contributed by atoms with van der Waals surface area (Å²) >= 11 is 0. The van der Waals surface area contributed by atoms with Crippen molar-refractivity contribution in [3.63, 3.8) is 0 Å². The van der Waals surface area contributed by atoms with Crippen LogP contribution in [0.2, 0.25) is 0 Å². The normalized spacial score (nSPS) is 17.9. The lowest BCUT2D eigenvalue weighted by atomic mass is 9.96. The maximum atomic E-state index is 12.6. The van der Waals surface area contributed by atoms with Crippen LogP contribution in [0, 0.1) is 0 Å². The van der Waals surface area contributed by atoms with Gasteiger partial charge in [0.05, 0.1) is 19.2 Å². The van der Waals surface area contributed by atoms with Gasteiger partial charge in [-0.3, -0.25) is 9.79 Å².